The first-order valence-corrected chi connectivity index (χ1v) is 9.34. The lowest BCUT2D eigenvalue weighted by molar-refractivity contribution is 0.178. The second-order valence-corrected chi connectivity index (χ2v) is 8.14. The molecule has 26 heavy (non-hydrogen) atoms. The Bertz CT molecular complexity index is 860. The summed E-state index contributed by atoms with van der Waals surface area (Å²) in [5.41, 5.74) is 2.85. The van der Waals surface area contributed by atoms with Crippen LogP contribution in [0.3, 0.4) is 0 Å². The van der Waals surface area contributed by atoms with E-state index in [4.69, 9.17) is 13.9 Å². The summed E-state index contributed by atoms with van der Waals surface area (Å²) in [5.74, 6) is 1.06. The fourth-order valence-electron chi connectivity index (χ4n) is 5.20. The van der Waals surface area contributed by atoms with Gasteiger partial charge in [-0.2, -0.15) is 0 Å². The minimum absolute atomic E-state index is 0.0183. The SMILES string of the molecule is CCC=C(C)[C@H]1[C@]2(C)O[C@@H]2C(C)=C[C@@]1(C)c1oc(OC)c(C)c(=O)c1C. The molecular formula is C22H30O4. The summed E-state index contributed by atoms with van der Waals surface area (Å²) >= 11 is 0. The molecule has 0 N–H and O–H groups in total. The predicted octanol–water partition coefficient (Wildman–Crippen LogP) is 4.61. The van der Waals surface area contributed by atoms with E-state index in [9.17, 15) is 4.79 Å². The first-order chi connectivity index (χ1) is 12.1. The van der Waals surface area contributed by atoms with E-state index in [0.717, 1.165) is 6.42 Å². The zero-order valence-corrected chi connectivity index (χ0v) is 17.1. The van der Waals surface area contributed by atoms with Gasteiger partial charge in [-0.1, -0.05) is 24.6 Å². The highest BCUT2D eigenvalue weighted by Crippen LogP contribution is 2.60. The minimum atomic E-state index is -0.480. The van der Waals surface area contributed by atoms with Crippen LogP contribution in [0.4, 0.5) is 0 Å². The van der Waals surface area contributed by atoms with E-state index in [1.165, 1.54) is 18.3 Å². The smallest absolute Gasteiger partial charge is 0.291 e. The Hall–Kier alpha value is -1.81. The van der Waals surface area contributed by atoms with Gasteiger partial charge in [-0.3, -0.25) is 4.79 Å². The van der Waals surface area contributed by atoms with E-state index >= 15 is 0 Å². The third-order valence-electron chi connectivity index (χ3n) is 6.13. The van der Waals surface area contributed by atoms with E-state index < -0.39 is 5.41 Å². The molecule has 0 amide bonds. The fraction of sp³-hybridized carbons (Fsp3) is 0.591. The molecular weight excluding hydrogens is 328 g/mol. The van der Waals surface area contributed by atoms with Gasteiger partial charge in [-0.05, 0) is 53.5 Å². The lowest BCUT2D eigenvalue weighted by Crippen LogP contribution is -2.45. The molecule has 0 spiro atoms. The van der Waals surface area contributed by atoms with Crippen LogP contribution in [0, 0.1) is 19.8 Å². The molecule has 1 saturated heterocycles. The van der Waals surface area contributed by atoms with Gasteiger partial charge in [-0.25, -0.2) is 0 Å². The molecule has 0 unspecified atom stereocenters. The van der Waals surface area contributed by atoms with Gasteiger partial charge in [0.2, 0.25) is 0 Å². The molecule has 0 aromatic carbocycles. The van der Waals surface area contributed by atoms with Gasteiger partial charge >= 0.3 is 0 Å². The molecule has 4 atom stereocenters. The third-order valence-corrected chi connectivity index (χ3v) is 6.13. The van der Waals surface area contributed by atoms with Gasteiger partial charge in [0.25, 0.3) is 5.95 Å². The van der Waals surface area contributed by atoms with Crippen LogP contribution in [-0.4, -0.2) is 18.8 Å². The Morgan fingerprint density at radius 1 is 1.27 bits per heavy atom. The molecule has 142 valence electrons. The van der Waals surface area contributed by atoms with E-state index in [1.54, 1.807) is 6.92 Å². The Kier molecular flexibility index (Phi) is 4.47. The van der Waals surface area contributed by atoms with Crippen LogP contribution in [0.2, 0.25) is 0 Å². The molecule has 2 aliphatic rings. The van der Waals surface area contributed by atoms with Crippen molar-refractivity contribution in [3.8, 4) is 5.95 Å². The fourth-order valence-corrected chi connectivity index (χ4v) is 5.20. The van der Waals surface area contributed by atoms with Gasteiger partial charge in [0.1, 0.15) is 17.5 Å². The van der Waals surface area contributed by atoms with Crippen LogP contribution in [-0.2, 0) is 10.2 Å². The third kappa shape index (κ3) is 2.50. The van der Waals surface area contributed by atoms with Crippen molar-refractivity contribution < 1.29 is 13.9 Å². The maximum atomic E-state index is 12.8. The monoisotopic (exact) mass is 358 g/mol. The van der Waals surface area contributed by atoms with Crippen molar-refractivity contribution in [3.05, 3.63) is 50.4 Å². The average Bonchev–Trinajstić information content (AvgIpc) is 3.25. The maximum Gasteiger partial charge on any atom is 0.291 e. The number of allylic oxidation sites excluding steroid dienone is 2. The van der Waals surface area contributed by atoms with Crippen LogP contribution in [0.25, 0.3) is 0 Å². The Morgan fingerprint density at radius 3 is 2.50 bits per heavy atom. The molecule has 2 heterocycles. The number of hydrogen-bond acceptors (Lipinski definition) is 4. The van der Waals surface area contributed by atoms with Crippen LogP contribution < -0.4 is 10.2 Å². The largest absolute Gasteiger partial charge is 0.468 e. The zero-order valence-electron chi connectivity index (χ0n) is 17.1. The van der Waals surface area contributed by atoms with Crippen LogP contribution in [0.5, 0.6) is 5.95 Å². The number of rotatable bonds is 4. The molecule has 0 saturated carbocycles. The summed E-state index contributed by atoms with van der Waals surface area (Å²) in [5, 5.41) is 0. The minimum Gasteiger partial charge on any atom is -0.468 e. The van der Waals surface area contributed by atoms with Crippen molar-refractivity contribution in [2.45, 2.75) is 72.0 Å². The lowest BCUT2D eigenvalue weighted by Gasteiger charge is -2.41. The Labute approximate surface area is 155 Å². The van der Waals surface area contributed by atoms with E-state index in [-0.39, 0.29) is 23.1 Å². The zero-order chi connectivity index (χ0) is 19.4. The van der Waals surface area contributed by atoms with Gasteiger partial charge in [-0.15, -0.1) is 0 Å². The molecule has 4 heteroatoms. The van der Waals surface area contributed by atoms with Crippen molar-refractivity contribution in [3.63, 3.8) is 0 Å². The van der Waals surface area contributed by atoms with Crippen molar-refractivity contribution >= 4 is 0 Å². The number of methoxy groups -OCH3 is 1. The highest BCUT2D eigenvalue weighted by Gasteiger charge is 2.66. The molecule has 1 aliphatic heterocycles. The molecule has 0 radical (unpaired) electrons. The number of fused-ring (bicyclic) bond motifs is 1. The summed E-state index contributed by atoms with van der Waals surface area (Å²) in [6.45, 7) is 14.3. The Morgan fingerprint density at radius 2 is 1.92 bits per heavy atom. The second-order valence-electron chi connectivity index (χ2n) is 8.14. The normalized spacial score (nSPS) is 33.5. The standard InChI is InChI=1S/C22H30O4/c1-9-10-12(2)17-21(6,11-13(3)18-22(17,7)26-18)19-14(4)16(23)15(5)20(24-8)25-19/h10-11,17-18H,9H2,1-8H3/t17-,18-,21-,22+/m1/s1. The summed E-state index contributed by atoms with van der Waals surface area (Å²) < 4.78 is 17.7. The quantitative estimate of drug-likeness (QED) is 0.582. The predicted molar refractivity (Wildman–Crippen MR) is 103 cm³/mol. The second kappa shape index (κ2) is 6.12. The van der Waals surface area contributed by atoms with Gasteiger partial charge in [0.05, 0.1) is 18.1 Å². The van der Waals surface area contributed by atoms with Crippen LogP contribution in [0.15, 0.2) is 32.5 Å². The average molecular weight is 358 g/mol. The molecule has 4 nitrogen and oxygen atoms in total. The highest BCUT2D eigenvalue weighted by molar-refractivity contribution is 5.46. The summed E-state index contributed by atoms with van der Waals surface area (Å²) in [6.07, 6.45) is 5.58. The van der Waals surface area contributed by atoms with Crippen molar-refractivity contribution in [1.82, 2.24) is 0 Å². The van der Waals surface area contributed by atoms with Gasteiger partial charge in [0.15, 0.2) is 5.43 Å². The van der Waals surface area contributed by atoms with Crippen molar-refractivity contribution in [1.29, 1.82) is 0 Å². The van der Waals surface area contributed by atoms with Crippen LogP contribution in [0.1, 0.15) is 57.9 Å². The Balaban J connectivity index is 2.30. The molecule has 1 fully saturated rings. The number of epoxide rings is 1. The van der Waals surface area contributed by atoms with E-state index in [1.807, 2.05) is 6.92 Å². The summed E-state index contributed by atoms with van der Waals surface area (Å²) in [6, 6.07) is 0. The van der Waals surface area contributed by atoms with Gasteiger partial charge in [0, 0.05) is 11.5 Å². The maximum absolute atomic E-state index is 12.8. The summed E-state index contributed by atoms with van der Waals surface area (Å²) in [4.78, 5) is 12.8. The lowest BCUT2D eigenvalue weighted by atomic mass is 9.60. The van der Waals surface area contributed by atoms with Crippen LogP contribution >= 0.6 is 0 Å². The number of ether oxygens (including phenoxy) is 2. The first-order valence-electron chi connectivity index (χ1n) is 9.34. The molecule has 3 rings (SSSR count). The number of hydrogen-bond donors (Lipinski definition) is 0. The molecule has 1 aromatic heterocycles. The molecule has 0 bridgehead atoms. The molecule has 1 aliphatic carbocycles. The van der Waals surface area contributed by atoms with Gasteiger partial charge < -0.3 is 13.9 Å². The highest BCUT2D eigenvalue weighted by atomic mass is 16.6. The molecule has 1 aromatic rings. The van der Waals surface area contributed by atoms with Crippen molar-refractivity contribution in [2.24, 2.45) is 5.92 Å². The van der Waals surface area contributed by atoms with E-state index in [2.05, 4.69) is 46.8 Å². The topological polar surface area (TPSA) is 52.0 Å². The first kappa shape index (κ1) is 19.0. The van der Waals surface area contributed by atoms with E-state index in [0.29, 0.717) is 22.8 Å². The van der Waals surface area contributed by atoms with Crippen molar-refractivity contribution in [2.75, 3.05) is 7.11 Å². The summed E-state index contributed by atoms with van der Waals surface area (Å²) in [7, 11) is 1.54.